The van der Waals surface area contributed by atoms with Crippen LogP contribution in [0.2, 0.25) is 0 Å². The summed E-state index contributed by atoms with van der Waals surface area (Å²) in [4.78, 5) is 36.7. The minimum absolute atomic E-state index is 0.286. The molecule has 1 aliphatic heterocycles. The second-order valence-electron chi connectivity index (χ2n) is 4.78. The van der Waals surface area contributed by atoms with Gasteiger partial charge in [-0.2, -0.15) is 13.2 Å². The van der Waals surface area contributed by atoms with E-state index in [1.54, 1.807) is 18.3 Å². The van der Waals surface area contributed by atoms with Crippen molar-refractivity contribution in [2.45, 2.75) is 25.6 Å². The molecule has 21 heavy (non-hydrogen) atoms. The van der Waals surface area contributed by atoms with E-state index in [1.807, 2.05) is 0 Å². The summed E-state index contributed by atoms with van der Waals surface area (Å²) in [5, 5.41) is 1.60. The third-order valence-corrected chi connectivity index (χ3v) is 4.20. The SMILES string of the molecule is Cc1ccc(C(=O)CN2C(=O)NC(C)(C(F)(F)F)C2=O)s1. The Labute approximate surface area is 121 Å². The molecule has 0 radical (unpaired) electrons. The highest BCUT2D eigenvalue weighted by atomic mass is 32.1. The average Bonchev–Trinajstić information content (AvgIpc) is 2.87. The Kier molecular flexibility index (Phi) is 3.56. The van der Waals surface area contributed by atoms with E-state index >= 15 is 0 Å². The van der Waals surface area contributed by atoms with Crippen molar-refractivity contribution in [1.82, 2.24) is 10.2 Å². The maximum atomic E-state index is 12.9. The van der Waals surface area contributed by atoms with Gasteiger partial charge in [0.1, 0.15) is 0 Å². The fourth-order valence-corrected chi connectivity index (χ4v) is 2.64. The van der Waals surface area contributed by atoms with Crippen molar-refractivity contribution in [2.24, 2.45) is 0 Å². The lowest BCUT2D eigenvalue weighted by Gasteiger charge is -2.24. The summed E-state index contributed by atoms with van der Waals surface area (Å²) < 4.78 is 38.6. The van der Waals surface area contributed by atoms with Crippen LogP contribution in [-0.4, -0.2) is 40.9 Å². The van der Waals surface area contributed by atoms with Gasteiger partial charge in [0, 0.05) is 4.88 Å². The van der Waals surface area contributed by atoms with E-state index < -0.39 is 36.0 Å². The van der Waals surface area contributed by atoms with E-state index in [2.05, 4.69) is 0 Å². The predicted molar refractivity (Wildman–Crippen MR) is 68.1 cm³/mol. The van der Waals surface area contributed by atoms with Gasteiger partial charge < -0.3 is 5.32 Å². The molecule has 0 bridgehead atoms. The van der Waals surface area contributed by atoms with Crippen LogP contribution in [0.5, 0.6) is 0 Å². The van der Waals surface area contributed by atoms with Crippen molar-refractivity contribution in [3.63, 3.8) is 0 Å². The molecule has 5 nitrogen and oxygen atoms in total. The highest BCUT2D eigenvalue weighted by Gasteiger charge is 2.64. The number of nitrogens with zero attached hydrogens (tertiary/aromatic N) is 1. The molecule has 1 aliphatic rings. The summed E-state index contributed by atoms with van der Waals surface area (Å²) in [6.45, 7) is 1.62. The zero-order chi connectivity index (χ0) is 16.0. The Hall–Kier alpha value is -1.90. The van der Waals surface area contributed by atoms with Crippen molar-refractivity contribution >= 4 is 29.1 Å². The first-order valence-corrected chi connectivity index (χ1v) is 6.68. The van der Waals surface area contributed by atoms with Crippen LogP contribution in [0.3, 0.4) is 0 Å². The highest BCUT2D eigenvalue weighted by Crippen LogP contribution is 2.35. The summed E-state index contributed by atoms with van der Waals surface area (Å²) in [5.74, 6) is -2.05. The summed E-state index contributed by atoms with van der Waals surface area (Å²) in [5.41, 5.74) is -2.99. The van der Waals surface area contributed by atoms with E-state index in [9.17, 15) is 27.6 Å². The van der Waals surface area contributed by atoms with Gasteiger partial charge in [0.05, 0.1) is 11.4 Å². The molecule has 1 aromatic heterocycles. The molecule has 9 heteroatoms. The first-order chi connectivity index (χ1) is 9.56. The number of hydrogen-bond donors (Lipinski definition) is 1. The highest BCUT2D eigenvalue weighted by molar-refractivity contribution is 7.14. The van der Waals surface area contributed by atoms with Crippen LogP contribution in [0.4, 0.5) is 18.0 Å². The van der Waals surface area contributed by atoms with Gasteiger partial charge in [-0.05, 0) is 26.0 Å². The number of hydrogen-bond acceptors (Lipinski definition) is 4. The number of thiophene rings is 1. The van der Waals surface area contributed by atoms with Crippen molar-refractivity contribution in [1.29, 1.82) is 0 Å². The molecule has 1 unspecified atom stereocenters. The number of halogens is 3. The molecular weight excluding hydrogens is 309 g/mol. The first-order valence-electron chi connectivity index (χ1n) is 5.87. The molecule has 0 saturated carbocycles. The Morgan fingerprint density at radius 3 is 2.43 bits per heavy atom. The van der Waals surface area contributed by atoms with Crippen molar-refractivity contribution in [3.8, 4) is 0 Å². The van der Waals surface area contributed by atoms with Crippen molar-refractivity contribution in [2.75, 3.05) is 6.54 Å². The Balaban J connectivity index is 2.20. The van der Waals surface area contributed by atoms with Crippen LogP contribution in [0.1, 0.15) is 21.5 Å². The van der Waals surface area contributed by atoms with Gasteiger partial charge in [0.25, 0.3) is 5.91 Å². The fraction of sp³-hybridized carbons (Fsp3) is 0.417. The summed E-state index contributed by atoms with van der Waals surface area (Å²) in [7, 11) is 0. The molecule has 2 heterocycles. The molecule has 0 aliphatic carbocycles. The van der Waals surface area contributed by atoms with Gasteiger partial charge in [-0.3, -0.25) is 14.5 Å². The maximum absolute atomic E-state index is 12.9. The van der Waals surface area contributed by atoms with Crippen LogP contribution >= 0.6 is 11.3 Å². The van der Waals surface area contributed by atoms with Crippen LogP contribution in [0.15, 0.2) is 12.1 Å². The Morgan fingerprint density at radius 1 is 1.38 bits per heavy atom. The largest absolute Gasteiger partial charge is 0.420 e. The molecule has 1 atom stereocenters. The number of carbonyl (C=O) groups excluding carboxylic acids is 3. The van der Waals surface area contributed by atoms with Crippen molar-refractivity contribution < 1.29 is 27.6 Å². The van der Waals surface area contributed by atoms with E-state index in [4.69, 9.17) is 0 Å². The molecule has 0 spiro atoms. The quantitative estimate of drug-likeness (QED) is 0.685. The number of Topliss-reactive ketones (excluding diaryl/α,β-unsaturated/α-hetero) is 1. The number of alkyl halides is 3. The molecule has 2 rings (SSSR count). The van der Waals surface area contributed by atoms with Gasteiger partial charge >= 0.3 is 12.2 Å². The smallest absolute Gasteiger partial charge is 0.316 e. The number of nitrogens with one attached hydrogen (secondary N) is 1. The lowest BCUT2D eigenvalue weighted by Crippen LogP contribution is -2.56. The third-order valence-electron chi connectivity index (χ3n) is 3.16. The topological polar surface area (TPSA) is 66.5 Å². The number of carbonyl (C=O) groups is 3. The first kappa shape index (κ1) is 15.5. The molecular formula is C12H11F3N2O3S. The van der Waals surface area contributed by atoms with Gasteiger partial charge in [0.15, 0.2) is 5.78 Å². The molecule has 1 fully saturated rings. The Morgan fingerprint density at radius 2 is 2.00 bits per heavy atom. The van der Waals surface area contributed by atoms with Crippen LogP contribution in [0.25, 0.3) is 0 Å². The van der Waals surface area contributed by atoms with Crippen LogP contribution < -0.4 is 5.32 Å². The number of rotatable bonds is 3. The minimum Gasteiger partial charge on any atom is -0.316 e. The Bertz CT molecular complexity index is 626. The zero-order valence-electron chi connectivity index (χ0n) is 11.1. The van der Waals surface area contributed by atoms with Gasteiger partial charge in [-0.1, -0.05) is 0 Å². The number of urea groups is 1. The molecule has 1 aromatic rings. The van der Waals surface area contributed by atoms with Gasteiger partial charge in [0.2, 0.25) is 5.54 Å². The summed E-state index contributed by atoms with van der Waals surface area (Å²) >= 11 is 1.15. The molecule has 3 amide bonds. The fourth-order valence-electron chi connectivity index (χ4n) is 1.84. The maximum Gasteiger partial charge on any atom is 0.420 e. The lowest BCUT2D eigenvalue weighted by atomic mass is 10.0. The second kappa shape index (κ2) is 4.83. The van der Waals surface area contributed by atoms with Crippen molar-refractivity contribution in [3.05, 3.63) is 21.9 Å². The molecule has 114 valence electrons. The zero-order valence-corrected chi connectivity index (χ0v) is 11.9. The monoisotopic (exact) mass is 320 g/mol. The third kappa shape index (κ3) is 2.53. The molecule has 1 N–H and O–H groups in total. The minimum atomic E-state index is -4.93. The van der Waals surface area contributed by atoms with Gasteiger partial charge in [-0.15, -0.1) is 11.3 Å². The number of amides is 3. The standard InChI is InChI=1S/C12H11F3N2O3S/c1-6-3-4-8(21-6)7(18)5-17-9(19)11(2,12(13,14)15)16-10(17)20/h3-4H,5H2,1-2H3,(H,16,20). The van der Waals surface area contributed by atoms with E-state index in [0.717, 1.165) is 16.2 Å². The van der Waals surface area contributed by atoms with Gasteiger partial charge in [-0.25, -0.2) is 4.79 Å². The van der Waals surface area contributed by atoms with Crippen LogP contribution in [0, 0.1) is 6.92 Å². The number of imide groups is 1. The number of ketones is 1. The molecule has 1 saturated heterocycles. The summed E-state index contributed by atoms with van der Waals surface area (Å²) in [6, 6.07) is 1.95. The second-order valence-corrected chi connectivity index (χ2v) is 6.07. The number of aryl methyl sites for hydroxylation is 1. The normalized spacial score (nSPS) is 22.6. The van der Waals surface area contributed by atoms with E-state index in [-0.39, 0.29) is 4.88 Å². The van der Waals surface area contributed by atoms with E-state index in [0.29, 0.717) is 11.8 Å². The predicted octanol–water partition coefficient (Wildman–Crippen LogP) is 2.11. The van der Waals surface area contributed by atoms with Crippen LogP contribution in [-0.2, 0) is 4.79 Å². The lowest BCUT2D eigenvalue weighted by molar-refractivity contribution is -0.190. The molecule has 0 aromatic carbocycles. The summed E-state index contributed by atoms with van der Waals surface area (Å²) in [6.07, 6.45) is -4.93. The average molecular weight is 320 g/mol. The van der Waals surface area contributed by atoms with E-state index in [1.165, 1.54) is 6.07 Å².